The lowest BCUT2D eigenvalue weighted by Gasteiger charge is -2.08. The van der Waals surface area contributed by atoms with E-state index in [-0.39, 0.29) is 24.6 Å². The van der Waals surface area contributed by atoms with E-state index < -0.39 is 10.8 Å². The van der Waals surface area contributed by atoms with Gasteiger partial charge in [0.2, 0.25) is 0 Å². The van der Waals surface area contributed by atoms with Crippen molar-refractivity contribution in [3.05, 3.63) is 81.1 Å². The summed E-state index contributed by atoms with van der Waals surface area (Å²) in [4.78, 5) is 22.5. The molecule has 0 aliphatic rings. The van der Waals surface area contributed by atoms with E-state index in [2.05, 4.69) is 5.32 Å². The molecular weight excluding hydrogens is 384 g/mol. The highest BCUT2D eigenvalue weighted by atomic mass is 35.5. The maximum Gasteiger partial charge on any atom is 0.310 e. The molecule has 1 aromatic heterocycles. The quantitative estimate of drug-likeness (QED) is 0.465. The predicted molar refractivity (Wildman–Crippen MR) is 104 cm³/mol. The zero-order chi connectivity index (χ0) is 20.1. The Morgan fingerprint density at radius 2 is 1.93 bits per heavy atom. The van der Waals surface area contributed by atoms with Crippen LogP contribution in [0.4, 0.5) is 5.69 Å². The lowest BCUT2D eigenvalue weighted by molar-refractivity contribution is -0.385. The van der Waals surface area contributed by atoms with E-state index in [1.54, 1.807) is 37.3 Å². The summed E-state index contributed by atoms with van der Waals surface area (Å²) in [5.74, 6) is 0.871. The van der Waals surface area contributed by atoms with Gasteiger partial charge in [0.25, 0.3) is 5.91 Å². The first-order chi connectivity index (χ1) is 13.4. The summed E-state index contributed by atoms with van der Waals surface area (Å²) in [6.07, 6.45) is 0. The van der Waals surface area contributed by atoms with E-state index in [0.29, 0.717) is 16.5 Å². The summed E-state index contributed by atoms with van der Waals surface area (Å²) in [5, 5.41) is 14.3. The summed E-state index contributed by atoms with van der Waals surface area (Å²) < 4.78 is 11.0. The molecule has 0 fully saturated rings. The van der Waals surface area contributed by atoms with Crippen molar-refractivity contribution >= 4 is 23.2 Å². The van der Waals surface area contributed by atoms with Crippen molar-refractivity contribution in [1.82, 2.24) is 5.32 Å². The van der Waals surface area contributed by atoms with E-state index in [1.807, 2.05) is 12.1 Å². The molecule has 3 rings (SSSR count). The van der Waals surface area contributed by atoms with Crippen LogP contribution < -0.4 is 10.1 Å². The second-order valence-corrected chi connectivity index (χ2v) is 6.50. The molecule has 144 valence electrons. The summed E-state index contributed by atoms with van der Waals surface area (Å²) in [6, 6.07) is 15.3. The van der Waals surface area contributed by atoms with Crippen LogP contribution in [0.2, 0.25) is 5.02 Å². The smallest absolute Gasteiger partial charge is 0.310 e. The number of hydrogen-bond donors (Lipinski definition) is 1. The van der Waals surface area contributed by atoms with Gasteiger partial charge in [0.05, 0.1) is 11.5 Å². The number of carbonyl (C=O) groups is 1. The molecule has 0 radical (unpaired) electrons. The number of nitro groups is 1. The number of benzene rings is 2. The molecule has 0 spiro atoms. The third-order valence-corrected chi connectivity index (χ3v) is 4.17. The number of hydrogen-bond acceptors (Lipinski definition) is 5. The van der Waals surface area contributed by atoms with Crippen LogP contribution in [0.15, 0.2) is 59.0 Å². The third kappa shape index (κ3) is 4.89. The number of ether oxygens (including phenoxy) is 1. The Labute approximate surface area is 166 Å². The van der Waals surface area contributed by atoms with Gasteiger partial charge in [0.1, 0.15) is 11.5 Å². The largest absolute Gasteiger partial charge is 0.477 e. The van der Waals surface area contributed by atoms with Gasteiger partial charge in [-0.05, 0) is 55.0 Å². The molecular formula is C20H17ClN2O5. The molecule has 0 aliphatic heterocycles. The van der Waals surface area contributed by atoms with Crippen molar-refractivity contribution in [3.8, 4) is 17.1 Å². The summed E-state index contributed by atoms with van der Waals surface area (Å²) in [5.41, 5.74) is 1.49. The number of aryl methyl sites for hydroxylation is 1. The first-order valence-corrected chi connectivity index (χ1v) is 8.79. The maximum atomic E-state index is 12.0. The number of nitrogens with one attached hydrogen (secondary N) is 1. The van der Waals surface area contributed by atoms with E-state index in [9.17, 15) is 14.9 Å². The van der Waals surface area contributed by atoms with Crippen LogP contribution >= 0.6 is 11.6 Å². The summed E-state index contributed by atoms with van der Waals surface area (Å²) in [6.45, 7) is 1.62. The zero-order valence-electron chi connectivity index (χ0n) is 15.0. The average molecular weight is 401 g/mol. The number of amides is 1. The van der Waals surface area contributed by atoms with E-state index >= 15 is 0 Å². The first kappa shape index (κ1) is 19.4. The number of nitro benzene ring substituents is 1. The van der Waals surface area contributed by atoms with Crippen molar-refractivity contribution < 1.29 is 18.9 Å². The molecule has 0 atom stereocenters. The van der Waals surface area contributed by atoms with Crippen LogP contribution in [-0.2, 0) is 11.3 Å². The van der Waals surface area contributed by atoms with Gasteiger partial charge >= 0.3 is 5.69 Å². The Balaban J connectivity index is 1.55. The Morgan fingerprint density at radius 1 is 1.18 bits per heavy atom. The lowest BCUT2D eigenvalue weighted by atomic mass is 10.2. The van der Waals surface area contributed by atoms with Crippen molar-refractivity contribution in [3.63, 3.8) is 0 Å². The van der Waals surface area contributed by atoms with Crippen LogP contribution in [-0.4, -0.2) is 17.4 Å². The van der Waals surface area contributed by atoms with Crippen LogP contribution in [0.25, 0.3) is 11.3 Å². The van der Waals surface area contributed by atoms with Crippen molar-refractivity contribution in [2.75, 3.05) is 6.61 Å². The molecule has 1 N–H and O–H groups in total. The van der Waals surface area contributed by atoms with Gasteiger partial charge < -0.3 is 14.5 Å². The highest BCUT2D eigenvalue weighted by Gasteiger charge is 2.16. The van der Waals surface area contributed by atoms with E-state index in [1.165, 1.54) is 12.1 Å². The molecule has 1 amide bonds. The van der Waals surface area contributed by atoms with Crippen LogP contribution in [0.1, 0.15) is 11.3 Å². The summed E-state index contributed by atoms with van der Waals surface area (Å²) in [7, 11) is 0. The van der Waals surface area contributed by atoms with Crippen molar-refractivity contribution in [2.24, 2.45) is 0 Å². The average Bonchev–Trinajstić information content (AvgIpc) is 3.14. The minimum atomic E-state index is -0.548. The minimum Gasteiger partial charge on any atom is -0.477 e. The molecule has 2 aromatic carbocycles. The van der Waals surface area contributed by atoms with Crippen LogP contribution in [0, 0.1) is 17.0 Å². The molecule has 7 nitrogen and oxygen atoms in total. The number of nitrogens with zero attached hydrogens (tertiary/aromatic N) is 1. The van der Waals surface area contributed by atoms with Gasteiger partial charge in [-0.3, -0.25) is 14.9 Å². The molecule has 8 heteroatoms. The normalized spacial score (nSPS) is 10.5. The van der Waals surface area contributed by atoms with E-state index in [0.717, 1.165) is 11.1 Å². The molecule has 28 heavy (non-hydrogen) atoms. The molecule has 0 unspecified atom stereocenters. The van der Waals surface area contributed by atoms with Crippen molar-refractivity contribution in [2.45, 2.75) is 13.5 Å². The SMILES string of the molecule is Cc1ccc([N+](=O)[O-])c(OCC(=O)NCc2ccc(-c3ccc(Cl)cc3)o2)c1. The maximum absolute atomic E-state index is 12.0. The van der Waals surface area contributed by atoms with Gasteiger partial charge in [-0.25, -0.2) is 0 Å². The minimum absolute atomic E-state index is 0.0585. The first-order valence-electron chi connectivity index (χ1n) is 8.41. The Hall–Kier alpha value is -3.32. The highest BCUT2D eigenvalue weighted by molar-refractivity contribution is 6.30. The predicted octanol–water partition coefficient (Wildman–Crippen LogP) is 4.51. The molecule has 0 bridgehead atoms. The Morgan fingerprint density at radius 3 is 2.64 bits per heavy atom. The fraction of sp³-hybridized carbons (Fsp3) is 0.150. The van der Waals surface area contributed by atoms with Gasteiger partial charge in [-0.15, -0.1) is 0 Å². The van der Waals surface area contributed by atoms with Gasteiger partial charge in [0, 0.05) is 16.7 Å². The number of furan rings is 1. The van der Waals surface area contributed by atoms with Gasteiger partial charge in [-0.1, -0.05) is 17.7 Å². The number of carbonyl (C=O) groups excluding carboxylic acids is 1. The molecule has 3 aromatic rings. The van der Waals surface area contributed by atoms with E-state index in [4.69, 9.17) is 20.8 Å². The second kappa shape index (κ2) is 8.58. The van der Waals surface area contributed by atoms with Crippen LogP contribution in [0.5, 0.6) is 5.75 Å². The Kier molecular flexibility index (Phi) is 5.96. The monoisotopic (exact) mass is 400 g/mol. The number of halogens is 1. The topological polar surface area (TPSA) is 94.6 Å². The summed E-state index contributed by atoms with van der Waals surface area (Å²) >= 11 is 5.87. The second-order valence-electron chi connectivity index (χ2n) is 6.07. The van der Waals surface area contributed by atoms with Gasteiger partial charge in [0.15, 0.2) is 12.4 Å². The van der Waals surface area contributed by atoms with Gasteiger partial charge in [-0.2, -0.15) is 0 Å². The standard InChI is InChI=1S/C20H17ClN2O5/c1-13-2-8-17(23(25)26)19(10-13)27-12-20(24)22-11-16-7-9-18(28-16)14-3-5-15(21)6-4-14/h2-10H,11-12H2,1H3,(H,22,24). The third-order valence-electron chi connectivity index (χ3n) is 3.92. The fourth-order valence-electron chi connectivity index (χ4n) is 2.51. The van der Waals surface area contributed by atoms with Crippen molar-refractivity contribution in [1.29, 1.82) is 0 Å². The number of rotatable bonds is 7. The molecule has 1 heterocycles. The molecule has 0 saturated carbocycles. The fourth-order valence-corrected chi connectivity index (χ4v) is 2.64. The molecule has 0 aliphatic carbocycles. The Bertz CT molecular complexity index is 998. The van der Waals surface area contributed by atoms with Crippen LogP contribution in [0.3, 0.4) is 0 Å². The molecule has 0 saturated heterocycles. The highest BCUT2D eigenvalue weighted by Crippen LogP contribution is 2.27. The lowest BCUT2D eigenvalue weighted by Crippen LogP contribution is -2.28. The zero-order valence-corrected chi connectivity index (χ0v) is 15.7.